The van der Waals surface area contributed by atoms with Crippen molar-refractivity contribution >= 4 is 10.0 Å². The van der Waals surface area contributed by atoms with Gasteiger partial charge in [0, 0.05) is 32.6 Å². The van der Waals surface area contributed by atoms with Gasteiger partial charge in [0.1, 0.15) is 10.7 Å². The second-order valence-electron chi connectivity index (χ2n) is 4.62. The zero-order valence-corrected chi connectivity index (χ0v) is 13.0. The first-order valence-electron chi connectivity index (χ1n) is 6.68. The minimum Gasteiger partial charge on any atom is -0.383 e. The third-order valence-electron chi connectivity index (χ3n) is 3.11. The fraction of sp³-hybridized carbons (Fsp3) is 0.267. The van der Waals surface area contributed by atoms with E-state index >= 15 is 0 Å². The van der Waals surface area contributed by atoms with E-state index in [-0.39, 0.29) is 24.6 Å². The Kier molecular flexibility index (Phi) is 5.59. The number of methoxy groups -OCH3 is 1. The van der Waals surface area contributed by atoms with Gasteiger partial charge in [-0.1, -0.05) is 12.1 Å². The van der Waals surface area contributed by atoms with Crippen LogP contribution in [0.25, 0.3) is 0 Å². The Hall–Kier alpha value is -1.83. The summed E-state index contributed by atoms with van der Waals surface area (Å²) in [6.45, 7) is 0.483. The lowest BCUT2D eigenvalue weighted by Crippen LogP contribution is -2.34. The summed E-state index contributed by atoms with van der Waals surface area (Å²) in [7, 11) is -2.46. The fourth-order valence-corrected chi connectivity index (χ4v) is 3.44. The smallest absolute Gasteiger partial charge is 0.246 e. The van der Waals surface area contributed by atoms with Crippen LogP contribution in [0.5, 0.6) is 0 Å². The first-order valence-corrected chi connectivity index (χ1v) is 8.12. The number of benzene rings is 1. The second-order valence-corrected chi connectivity index (χ2v) is 6.52. The number of aromatic nitrogens is 1. The Bertz CT molecular complexity index is 708. The molecule has 0 atom stereocenters. The Balaban J connectivity index is 2.33. The topological polar surface area (TPSA) is 59.5 Å². The highest BCUT2D eigenvalue weighted by Gasteiger charge is 2.27. The molecule has 0 aliphatic carbocycles. The van der Waals surface area contributed by atoms with Gasteiger partial charge in [0.2, 0.25) is 10.0 Å². The van der Waals surface area contributed by atoms with Gasteiger partial charge in [-0.3, -0.25) is 4.98 Å². The molecule has 0 saturated heterocycles. The first-order chi connectivity index (χ1) is 10.6. The predicted octanol–water partition coefficient (Wildman–Crippen LogP) is 2.06. The van der Waals surface area contributed by atoms with Crippen molar-refractivity contribution in [3.8, 4) is 0 Å². The van der Waals surface area contributed by atoms with Crippen molar-refractivity contribution in [1.29, 1.82) is 0 Å². The van der Waals surface area contributed by atoms with Gasteiger partial charge in [0.25, 0.3) is 0 Å². The molecule has 0 aliphatic rings. The van der Waals surface area contributed by atoms with Gasteiger partial charge in [0.05, 0.1) is 6.61 Å². The average Bonchev–Trinajstić information content (AvgIpc) is 2.52. The van der Waals surface area contributed by atoms with Crippen LogP contribution in [0, 0.1) is 5.82 Å². The van der Waals surface area contributed by atoms with Gasteiger partial charge in [-0.2, -0.15) is 4.31 Å². The maximum Gasteiger partial charge on any atom is 0.246 e. The predicted molar refractivity (Wildman–Crippen MR) is 80.1 cm³/mol. The van der Waals surface area contributed by atoms with E-state index in [4.69, 9.17) is 4.74 Å². The highest BCUT2D eigenvalue weighted by atomic mass is 32.2. The van der Waals surface area contributed by atoms with E-state index in [0.29, 0.717) is 0 Å². The van der Waals surface area contributed by atoms with Gasteiger partial charge in [-0.05, 0) is 29.8 Å². The molecule has 0 amide bonds. The van der Waals surface area contributed by atoms with Crippen LogP contribution in [0.15, 0.2) is 53.7 Å². The lowest BCUT2D eigenvalue weighted by atomic mass is 10.3. The van der Waals surface area contributed by atoms with Gasteiger partial charge >= 0.3 is 0 Å². The zero-order chi connectivity index (χ0) is 16.0. The van der Waals surface area contributed by atoms with E-state index in [1.807, 2.05) is 0 Å². The molecular weight excluding hydrogens is 307 g/mol. The summed E-state index contributed by atoms with van der Waals surface area (Å²) >= 11 is 0. The third-order valence-corrected chi connectivity index (χ3v) is 4.99. The lowest BCUT2D eigenvalue weighted by Gasteiger charge is -2.22. The summed E-state index contributed by atoms with van der Waals surface area (Å²) in [6, 6.07) is 8.78. The minimum absolute atomic E-state index is 0.128. The van der Waals surface area contributed by atoms with E-state index in [1.54, 1.807) is 24.5 Å². The average molecular weight is 324 g/mol. The quantitative estimate of drug-likeness (QED) is 0.782. The third kappa shape index (κ3) is 3.88. The van der Waals surface area contributed by atoms with E-state index in [2.05, 4.69) is 4.98 Å². The van der Waals surface area contributed by atoms with Crippen LogP contribution in [0.4, 0.5) is 4.39 Å². The molecule has 5 nitrogen and oxygen atoms in total. The molecule has 0 fully saturated rings. The van der Waals surface area contributed by atoms with Crippen LogP contribution in [0.2, 0.25) is 0 Å². The van der Waals surface area contributed by atoms with E-state index in [9.17, 15) is 12.8 Å². The molecule has 0 aliphatic heterocycles. The minimum atomic E-state index is -3.94. The molecular formula is C15H17FN2O3S. The standard InChI is InChI=1S/C15H17FN2O3S/c1-21-11-10-18(12-13-6-8-17-9-7-13)22(19,20)15-5-3-2-4-14(15)16/h2-9H,10-12H2,1H3. The Morgan fingerprint density at radius 3 is 2.50 bits per heavy atom. The van der Waals surface area contributed by atoms with Crippen molar-refractivity contribution in [1.82, 2.24) is 9.29 Å². The van der Waals surface area contributed by atoms with Crippen molar-refractivity contribution in [2.45, 2.75) is 11.4 Å². The summed E-state index contributed by atoms with van der Waals surface area (Å²) in [4.78, 5) is 3.56. The largest absolute Gasteiger partial charge is 0.383 e. The molecule has 2 aromatic rings. The second kappa shape index (κ2) is 7.44. The summed E-state index contributed by atoms with van der Waals surface area (Å²) in [5, 5.41) is 0. The van der Waals surface area contributed by atoms with Crippen LogP contribution < -0.4 is 0 Å². The van der Waals surface area contributed by atoms with Crippen LogP contribution in [0.1, 0.15) is 5.56 Å². The van der Waals surface area contributed by atoms with E-state index < -0.39 is 15.8 Å². The Morgan fingerprint density at radius 2 is 1.86 bits per heavy atom. The van der Waals surface area contributed by atoms with E-state index in [0.717, 1.165) is 11.6 Å². The molecule has 0 saturated carbocycles. The van der Waals surface area contributed by atoms with Crippen molar-refractivity contribution in [3.05, 3.63) is 60.2 Å². The summed E-state index contributed by atoms with van der Waals surface area (Å²) in [5.74, 6) is -0.764. The summed E-state index contributed by atoms with van der Waals surface area (Å²) < 4.78 is 45.4. The number of hydrogen-bond acceptors (Lipinski definition) is 4. The van der Waals surface area contributed by atoms with Gasteiger partial charge in [0.15, 0.2) is 0 Å². The molecule has 1 aromatic carbocycles. The number of sulfonamides is 1. The Morgan fingerprint density at radius 1 is 1.18 bits per heavy atom. The monoisotopic (exact) mass is 324 g/mol. The fourth-order valence-electron chi connectivity index (χ4n) is 1.96. The molecule has 0 N–H and O–H groups in total. The molecule has 0 unspecified atom stereocenters. The summed E-state index contributed by atoms with van der Waals surface area (Å²) in [6.07, 6.45) is 3.17. The molecule has 1 aromatic heterocycles. The molecule has 0 radical (unpaired) electrons. The highest BCUT2D eigenvalue weighted by molar-refractivity contribution is 7.89. The van der Waals surface area contributed by atoms with Crippen LogP contribution in [0.3, 0.4) is 0 Å². The number of rotatable bonds is 7. The molecule has 2 rings (SSSR count). The number of pyridine rings is 1. The molecule has 0 spiro atoms. The number of nitrogens with zero attached hydrogens (tertiary/aromatic N) is 2. The van der Waals surface area contributed by atoms with Gasteiger partial charge < -0.3 is 4.74 Å². The van der Waals surface area contributed by atoms with Crippen LogP contribution in [-0.2, 0) is 21.3 Å². The van der Waals surface area contributed by atoms with Gasteiger partial charge in [-0.15, -0.1) is 0 Å². The number of ether oxygens (including phenoxy) is 1. The maximum atomic E-state index is 13.9. The number of halogens is 1. The van der Waals surface area contributed by atoms with Gasteiger partial charge in [-0.25, -0.2) is 12.8 Å². The van der Waals surface area contributed by atoms with E-state index in [1.165, 1.54) is 29.6 Å². The van der Waals surface area contributed by atoms with Crippen molar-refractivity contribution in [2.75, 3.05) is 20.3 Å². The maximum absolute atomic E-state index is 13.9. The molecule has 22 heavy (non-hydrogen) atoms. The van der Waals surface area contributed by atoms with Crippen LogP contribution in [-0.4, -0.2) is 38.0 Å². The van der Waals surface area contributed by atoms with Crippen molar-refractivity contribution in [2.24, 2.45) is 0 Å². The SMILES string of the molecule is COCCN(Cc1ccncc1)S(=O)(=O)c1ccccc1F. The number of hydrogen-bond donors (Lipinski definition) is 0. The highest BCUT2D eigenvalue weighted by Crippen LogP contribution is 2.20. The first kappa shape index (κ1) is 16.5. The summed E-state index contributed by atoms with van der Waals surface area (Å²) in [5.41, 5.74) is 0.769. The lowest BCUT2D eigenvalue weighted by molar-refractivity contribution is 0.177. The van der Waals surface area contributed by atoms with Crippen LogP contribution >= 0.6 is 0 Å². The molecule has 1 heterocycles. The molecule has 7 heteroatoms. The normalized spacial score (nSPS) is 11.8. The van der Waals surface area contributed by atoms with Crippen molar-refractivity contribution < 1.29 is 17.5 Å². The molecule has 118 valence electrons. The Labute approximate surface area is 129 Å². The van der Waals surface area contributed by atoms with Crippen molar-refractivity contribution in [3.63, 3.8) is 0 Å². The molecule has 0 bridgehead atoms. The zero-order valence-electron chi connectivity index (χ0n) is 12.1.